The normalized spacial score (nSPS) is 31.2. The van der Waals surface area contributed by atoms with Crippen molar-refractivity contribution in [1.29, 1.82) is 0 Å². The van der Waals surface area contributed by atoms with Crippen molar-refractivity contribution >= 4 is 5.91 Å². The van der Waals surface area contributed by atoms with E-state index in [0.29, 0.717) is 12.5 Å². The molecule has 0 unspecified atom stereocenters. The van der Waals surface area contributed by atoms with Crippen molar-refractivity contribution in [3.8, 4) is 0 Å². The highest BCUT2D eigenvalue weighted by Gasteiger charge is 2.27. The van der Waals surface area contributed by atoms with E-state index < -0.39 is 0 Å². The van der Waals surface area contributed by atoms with Crippen molar-refractivity contribution in [2.75, 3.05) is 53.5 Å². The van der Waals surface area contributed by atoms with Gasteiger partial charge in [-0.05, 0) is 39.4 Å². The average Bonchev–Trinajstić information content (AvgIpc) is 2.37. The van der Waals surface area contributed by atoms with Crippen molar-refractivity contribution in [2.24, 2.45) is 5.92 Å². The van der Waals surface area contributed by atoms with E-state index in [-0.39, 0.29) is 11.9 Å². The molecular formula is C13H25N3O2. The molecule has 2 heterocycles. The summed E-state index contributed by atoms with van der Waals surface area (Å²) in [6.45, 7) is 5.17. The highest BCUT2D eigenvalue weighted by molar-refractivity contribution is 5.81. The first-order valence-corrected chi connectivity index (χ1v) is 6.91. The van der Waals surface area contributed by atoms with E-state index in [1.807, 2.05) is 7.05 Å². The Labute approximate surface area is 109 Å². The molecule has 2 fully saturated rings. The summed E-state index contributed by atoms with van der Waals surface area (Å²) in [7, 11) is 4.14. The first-order chi connectivity index (χ1) is 8.66. The lowest BCUT2D eigenvalue weighted by Gasteiger charge is -2.33. The average molecular weight is 255 g/mol. The minimum atomic E-state index is -0.111. The predicted molar refractivity (Wildman–Crippen MR) is 70.5 cm³/mol. The van der Waals surface area contributed by atoms with Crippen LogP contribution in [0.1, 0.15) is 12.8 Å². The molecule has 0 aromatic rings. The number of hydrogen-bond acceptors (Lipinski definition) is 4. The number of likely N-dealkylation sites (N-methyl/N-ethyl adjacent to an activating group) is 1. The minimum absolute atomic E-state index is 0.111. The van der Waals surface area contributed by atoms with E-state index in [9.17, 15) is 4.79 Å². The van der Waals surface area contributed by atoms with Crippen LogP contribution in [-0.2, 0) is 9.53 Å². The SMILES string of the molecule is CN1CCC[C@@H](CNC(=O)[C@@H]2COCCN2C)C1. The van der Waals surface area contributed by atoms with Crippen LogP contribution in [0.3, 0.4) is 0 Å². The summed E-state index contributed by atoms with van der Waals surface area (Å²) in [4.78, 5) is 16.5. The Bertz CT molecular complexity index is 285. The topological polar surface area (TPSA) is 44.8 Å². The third kappa shape index (κ3) is 3.67. The molecule has 18 heavy (non-hydrogen) atoms. The van der Waals surface area contributed by atoms with Crippen LogP contribution in [0.2, 0.25) is 0 Å². The van der Waals surface area contributed by atoms with E-state index in [1.54, 1.807) is 0 Å². The number of nitrogens with one attached hydrogen (secondary N) is 1. The fraction of sp³-hybridized carbons (Fsp3) is 0.923. The molecular weight excluding hydrogens is 230 g/mol. The molecule has 0 aromatic heterocycles. The van der Waals surface area contributed by atoms with Crippen LogP contribution in [-0.4, -0.2) is 75.2 Å². The van der Waals surface area contributed by atoms with Gasteiger partial charge in [0.05, 0.1) is 13.2 Å². The van der Waals surface area contributed by atoms with Crippen molar-refractivity contribution in [2.45, 2.75) is 18.9 Å². The maximum absolute atomic E-state index is 12.1. The van der Waals surface area contributed by atoms with Gasteiger partial charge >= 0.3 is 0 Å². The number of carbonyl (C=O) groups is 1. The van der Waals surface area contributed by atoms with Gasteiger partial charge in [0, 0.05) is 19.6 Å². The number of ether oxygens (including phenoxy) is 1. The fourth-order valence-corrected chi connectivity index (χ4v) is 2.77. The smallest absolute Gasteiger partial charge is 0.239 e. The first-order valence-electron chi connectivity index (χ1n) is 6.91. The van der Waals surface area contributed by atoms with E-state index in [4.69, 9.17) is 4.74 Å². The lowest BCUT2D eigenvalue weighted by atomic mass is 9.98. The molecule has 2 saturated heterocycles. The van der Waals surface area contributed by atoms with Gasteiger partial charge in [0.15, 0.2) is 0 Å². The predicted octanol–water partition coefficient (Wildman–Crippen LogP) is -0.225. The summed E-state index contributed by atoms with van der Waals surface area (Å²) in [6.07, 6.45) is 2.46. The molecule has 0 bridgehead atoms. The van der Waals surface area contributed by atoms with Crippen LogP contribution in [0.25, 0.3) is 0 Å². The Kier molecular flexibility index (Phi) is 4.97. The molecule has 0 aromatic carbocycles. The van der Waals surface area contributed by atoms with Gasteiger partial charge in [-0.1, -0.05) is 0 Å². The van der Waals surface area contributed by atoms with Crippen LogP contribution in [0.4, 0.5) is 0 Å². The zero-order valence-electron chi connectivity index (χ0n) is 11.5. The second-order valence-electron chi connectivity index (χ2n) is 5.59. The Morgan fingerprint density at radius 1 is 1.39 bits per heavy atom. The molecule has 2 aliphatic rings. The Balaban J connectivity index is 1.73. The number of piperidine rings is 1. The number of hydrogen-bond donors (Lipinski definition) is 1. The van der Waals surface area contributed by atoms with Crippen LogP contribution in [0.15, 0.2) is 0 Å². The Morgan fingerprint density at radius 3 is 2.94 bits per heavy atom. The zero-order valence-corrected chi connectivity index (χ0v) is 11.5. The van der Waals surface area contributed by atoms with E-state index in [1.165, 1.54) is 19.4 Å². The highest BCUT2D eigenvalue weighted by atomic mass is 16.5. The van der Waals surface area contributed by atoms with Crippen LogP contribution in [0, 0.1) is 5.92 Å². The molecule has 2 aliphatic heterocycles. The van der Waals surface area contributed by atoms with Crippen molar-refractivity contribution in [1.82, 2.24) is 15.1 Å². The van der Waals surface area contributed by atoms with Crippen molar-refractivity contribution in [3.05, 3.63) is 0 Å². The number of rotatable bonds is 3. The summed E-state index contributed by atoms with van der Waals surface area (Å²) in [5.74, 6) is 0.716. The second kappa shape index (κ2) is 6.50. The van der Waals surface area contributed by atoms with E-state index in [0.717, 1.165) is 26.2 Å². The maximum atomic E-state index is 12.1. The van der Waals surface area contributed by atoms with Crippen LogP contribution < -0.4 is 5.32 Å². The Morgan fingerprint density at radius 2 is 2.22 bits per heavy atom. The monoisotopic (exact) mass is 255 g/mol. The molecule has 0 spiro atoms. The summed E-state index contributed by atoms with van der Waals surface area (Å²) in [6, 6.07) is -0.111. The summed E-state index contributed by atoms with van der Waals surface area (Å²) < 4.78 is 5.37. The Hall–Kier alpha value is -0.650. The molecule has 2 rings (SSSR count). The number of morpholine rings is 1. The maximum Gasteiger partial charge on any atom is 0.239 e. The van der Waals surface area contributed by atoms with Gasteiger partial charge in [0.2, 0.25) is 5.91 Å². The number of nitrogens with zero attached hydrogens (tertiary/aromatic N) is 2. The molecule has 5 heteroatoms. The number of amides is 1. The third-order valence-electron chi connectivity index (χ3n) is 3.99. The van der Waals surface area contributed by atoms with E-state index in [2.05, 4.69) is 22.2 Å². The third-order valence-corrected chi connectivity index (χ3v) is 3.99. The minimum Gasteiger partial charge on any atom is -0.378 e. The van der Waals surface area contributed by atoms with Gasteiger partial charge in [0.1, 0.15) is 6.04 Å². The van der Waals surface area contributed by atoms with Crippen molar-refractivity contribution in [3.63, 3.8) is 0 Å². The molecule has 5 nitrogen and oxygen atoms in total. The summed E-state index contributed by atoms with van der Waals surface area (Å²) in [5, 5.41) is 3.09. The molecule has 2 atom stereocenters. The van der Waals surface area contributed by atoms with Crippen LogP contribution in [0.5, 0.6) is 0 Å². The molecule has 0 radical (unpaired) electrons. The second-order valence-corrected chi connectivity index (χ2v) is 5.59. The summed E-state index contributed by atoms with van der Waals surface area (Å²) >= 11 is 0. The van der Waals surface area contributed by atoms with Gasteiger partial charge in [-0.2, -0.15) is 0 Å². The summed E-state index contributed by atoms with van der Waals surface area (Å²) in [5.41, 5.74) is 0. The van der Waals surface area contributed by atoms with Gasteiger partial charge < -0.3 is 15.0 Å². The van der Waals surface area contributed by atoms with Crippen molar-refractivity contribution < 1.29 is 9.53 Å². The number of likely N-dealkylation sites (tertiary alicyclic amines) is 1. The quantitative estimate of drug-likeness (QED) is 0.757. The largest absolute Gasteiger partial charge is 0.378 e. The number of carbonyl (C=O) groups excluding carboxylic acids is 1. The zero-order chi connectivity index (χ0) is 13.0. The molecule has 0 saturated carbocycles. The molecule has 1 N–H and O–H groups in total. The van der Waals surface area contributed by atoms with Gasteiger partial charge in [-0.15, -0.1) is 0 Å². The van der Waals surface area contributed by atoms with E-state index >= 15 is 0 Å². The molecule has 0 aliphatic carbocycles. The van der Waals surface area contributed by atoms with Crippen LogP contribution >= 0.6 is 0 Å². The first kappa shape index (κ1) is 13.8. The highest BCUT2D eigenvalue weighted by Crippen LogP contribution is 2.14. The molecule has 104 valence electrons. The lowest BCUT2D eigenvalue weighted by molar-refractivity contribution is -0.131. The molecule has 1 amide bonds. The fourth-order valence-electron chi connectivity index (χ4n) is 2.77. The van der Waals surface area contributed by atoms with Gasteiger partial charge in [-0.25, -0.2) is 0 Å². The standard InChI is InChI=1S/C13H25N3O2/c1-15-5-3-4-11(9-15)8-14-13(17)12-10-18-7-6-16(12)2/h11-12H,3-10H2,1-2H3,(H,14,17)/t11-,12-/m0/s1. The lowest BCUT2D eigenvalue weighted by Crippen LogP contribution is -2.53. The van der Waals surface area contributed by atoms with Gasteiger partial charge in [-0.3, -0.25) is 9.69 Å². The van der Waals surface area contributed by atoms with Gasteiger partial charge in [0.25, 0.3) is 0 Å².